The Hall–Kier alpha value is -4.85. The number of nitrogens with one attached hydrogen (secondary N) is 3. The minimum atomic E-state index is -4.28. The van der Waals surface area contributed by atoms with E-state index in [1.54, 1.807) is 24.5 Å². The lowest BCUT2D eigenvalue weighted by atomic mass is 10.2. The number of hydrogen-bond acceptors (Lipinski definition) is 11. The highest BCUT2D eigenvalue weighted by molar-refractivity contribution is 7.93. The van der Waals surface area contributed by atoms with Crippen LogP contribution in [-0.4, -0.2) is 55.1 Å². The number of benzene rings is 2. The van der Waals surface area contributed by atoms with Crippen molar-refractivity contribution >= 4 is 38.3 Å². The van der Waals surface area contributed by atoms with E-state index in [-0.39, 0.29) is 22.2 Å². The van der Waals surface area contributed by atoms with Gasteiger partial charge < -0.3 is 24.1 Å². The van der Waals surface area contributed by atoms with Crippen molar-refractivity contribution in [3.05, 3.63) is 54.0 Å². The van der Waals surface area contributed by atoms with Gasteiger partial charge in [-0.05, 0) is 37.1 Å². The summed E-state index contributed by atoms with van der Waals surface area (Å²) in [5, 5.41) is 14.7. The Bertz CT molecular complexity index is 1760. The molecule has 0 aliphatic rings. The fourth-order valence-corrected chi connectivity index (χ4v) is 5.36. The van der Waals surface area contributed by atoms with E-state index < -0.39 is 10.0 Å². The molecule has 3 N–H and O–H groups in total. The van der Waals surface area contributed by atoms with E-state index in [4.69, 9.17) is 18.7 Å². The van der Waals surface area contributed by atoms with Crippen molar-refractivity contribution < 1.29 is 27.2 Å². The molecular formula is C26H27N7O6S. The summed E-state index contributed by atoms with van der Waals surface area (Å²) in [6.45, 7) is 3.88. The van der Waals surface area contributed by atoms with E-state index in [0.717, 1.165) is 17.7 Å². The Morgan fingerprint density at radius 3 is 2.23 bits per heavy atom. The Labute approximate surface area is 229 Å². The molecule has 0 aliphatic carbocycles. The van der Waals surface area contributed by atoms with E-state index in [0.29, 0.717) is 39.6 Å². The largest absolute Gasteiger partial charge is 0.495 e. The second-order valence-electron chi connectivity index (χ2n) is 8.74. The summed E-state index contributed by atoms with van der Waals surface area (Å²) in [4.78, 5) is 8.40. The van der Waals surface area contributed by atoms with Gasteiger partial charge in [0, 0.05) is 35.8 Å². The zero-order chi connectivity index (χ0) is 28.4. The SMILES string of the molecule is CCc1cc(Nc2cc3onc(NS(=O)(=O)c4c(OC)cc(-c5ncc(C)cn5)cc4OC)c3cc2OC)n[nH]1. The highest BCUT2D eigenvalue weighted by atomic mass is 32.2. The van der Waals surface area contributed by atoms with Crippen LogP contribution in [0.4, 0.5) is 17.3 Å². The van der Waals surface area contributed by atoms with Crippen molar-refractivity contribution in [1.82, 2.24) is 25.3 Å². The third kappa shape index (κ3) is 5.08. The summed E-state index contributed by atoms with van der Waals surface area (Å²) < 4.78 is 51.7. The van der Waals surface area contributed by atoms with Gasteiger partial charge in [0.25, 0.3) is 10.0 Å². The van der Waals surface area contributed by atoms with Gasteiger partial charge in [0.05, 0.1) is 32.4 Å². The first-order valence-electron chi connectivity index (χ1n) is 12.1. The molecule has 0 saturated heterocycles. The van der Waals surface area contributed by atoms with Gasteiger partial charge in [-0.1, -0.05) is 12.1 Å². The first kappa shape index (κ1) is 26.7. The Balaban J connectivity index is 1.51. The molecule has 13 nitrogen and oxygen atoms in total. The molecule has 2 aromatic carbocycles. The predicted molar refractivity (Wildman–Crippen MR) is 148 cm³/mol. The van der Waals surface area contributed by atoms with Crippen molar-refractivity contribution in [2.45, 2.75) is 25.2 Å². The highest BCUT2D eigenvalue weighted by Crippen LogP contribution is 2.40. The number of hydrogen-bond donors (Lipinski definition) is 3. The zero-order valence-electron chi connectivity index (χ0n) is 22.4. The van der Waals surface area contributed by atoms with Gasteiger partial charge in [0.15, 0.2) is 27.9 Å². The number of rotatable bonds is 10. The van der Waals surface area contributed by atoms with Crippen molar-refractivity contribution in [3.63, 3.8) is 0 Å². The van der Waals surface area contributed by atoms with E-state index in [1.807, 2.05) is 19.9 Å². The average Bonchev–Trinajstić information content (AvgIpc) is 3.58. The van der Waals surface area contributed by atoms with Crippen molar-refractivity contribution in [2.24, 2.45) is 0 Å². The molecule has 0 spiro atoms. The van der Waals surface area contributed by atoms with Crippen LogP contribution in [0.25, 0.3) is 22.4 Å². The molecular weight excluding hydrogens is 538 g/mol. The molecule has 40 heavy (non-hydrogen) atoms. The van der Waals surface area contributed by atoms with Crippen LogP contribution in [0.5, 0.6) is 17.2 Å². The Morgan fingerprint density at radius 1 is 0.950 bits per heavy atom. The second kappa shape index (κ2) is 10.7. The Kier molecular flexibility index (Phi) is 7.17. The molecule has 0 fully saturated rings. The van der Waals surface area contributed by atoms with Gasteiger partial charge in [-0.2, -0.15) is 5.10 Å². The number of sulfonamides is 1. The first-order chi connectivity index (χ1) is 19.3. The third-order valence-electron chi connectivity index (χ3n) is 6.07. The molecule has 3 aromatic heterocycles. The predicted octanol–water partition coefficient (Wildman–Crippen LogP) is 4.45. The van der Waals surface area contributed by atoms with Crippen LogP contribution in [0.1, 0.15) is 18.2 Å². The van der Waals surface area contributed by atoms with Gasteiger partial charge in [-0.15, -0.1) is 0 Å². The summed E-state index contributed by atoms with van der Waals surface area (Å²) in [5.41, 5.74) is 3.25. The fourth-order valence-electron chi connectivity index (χ4n) is 4.04. The summed E-state index contributed by atoms with van der Waals surface area (Å²) in [6.07, 6.45) is 4.12. The van der Waals surface area contributed by atoms with Crippen LogP contribution in [0.3, 0.4) is 0 Å². The molecule has 0 unspecified atom stereocenters. The molecule has 0 amide bonds. The van der Waals surface area contributed by atoms with Gasteiger partial charge in [0.2, 0.25) is 0 Å². The smallest absolute Gasteiger partial charge is 0.270 e. The standard InChI is InChI=1S/C26H27N7O6S/c1-6-16-9-23(31-30-16)29-18-11-19-17(10-20(18)36-3)26(32-39-19)33-40(34,35)24-21(37-4)7-15(8-22(24)38-5)25-27-12-14(2)13-28-25/h7-13H,6H2,1-5H3,(H,32,33)(H2,29,30,31). The third-order valence-corrected chi connectivity index (χ3v) is 7.47. The maximum atomic E-state index is 13.6. The van der Waals surface area contributed by atoms with E-state index >= 15 is 0 Å². The van der Waals surface area contributed by atoms with E-state index in [1.165, 1.54) is 33.5 Å². The van der Waals surface area contributed by atoms with Crippen molar-refractivity contribution in [2.75, 3.05) is 31.4 Å². The van der Waals surface area contributed by atoms with Crippen LogP contribution in [0.15, 0.2) is 52.1 Å². The van der Waals surface area contributed by atoms with E-state index in [2.05, 4.69) is 35.4 Å². The number of nitrogens with zero attached hydrogens (tertiary/aromatic N) is 4. The zero-order valence-corrected chi connectivity index (χ0v) is 23.2. The number of anilines is 3. The van der Waals surface area contributed by atoms with E-state index in [9.17, 15) is 8.42 Å². The van der Waals surface area contributed by atoms with Crippen LogP contribution < -0.4 is 24.2 Å². The van der Waals surface area contributed by atoms with Gasteiger partial charge in [-0.3, -0.25) is 9.82 Å². The van der Waals surface area contributed by atoms with Crippen LogP contribution in [0, 0.1) is 6.92 Å². The molecule has 5 aromatic rings. The maximum Gasteiger partial charge on any atom is 0.270 e. The van der Waals surface area contributed by atoms with Gasteiger partial charge in [-0.25, -0.2) is 18.4 Å². The number of H-pyrrole nitrogens is 1. The minimum absolute atomic E-state index is 0.0355. The summed E-state index contributed by atoms with van der Waals surface area (Å²) in [6, 6.07) is 8.20. The number of fused-ring (bicyclic) bond motifs is 1. The van der Waals surface area contributed by atoms with Gasteiger partial charge in [0.1, 0.15) is 17.2 Å². The number of aromatic nitrogens is 5. The molecule has 0 saturated carbocycles. The lowest BCUT2D eigenvalue weighted by molar-refractivity contribution is 0.374. The maximum absolute atomic E-state index is 13.6. The molecule has 208 valence electrons. The summed E-state index contributed by atoms with van der Waals surface area (Å²) in [7, 11) is -0.0527. The van der Waals surface area contributed by atoms with Crippen molar-refractivity contribution in [1.29, 1.82) is 0 Å². The number of methoxy groups -OCH3 is 3. The quantitative estimate of drug-likeness (QED) is 0.219. The average molecular weight is 566 g/mol. The normalized spacial score (nSPS) is 11.4. The fraction of sp³-hybridized carbons (Fsp3) is 0.231. The van der Waals surface area contributed by atoms with Crippen LogP contribution in [-0.2, 0) is 16.4 Å². The molecule has 5 rings (SSSR count). The van der Waals surface area contributed by atoms with Gasteiger partial charge >= 0.3 is 0 Å². The van der Waals surface area contributed by atoms with Crippen molar-refractivity contribution in [3.8, 4) is 28.6 Å². The Morgan fingerprint density at radius 2 is 1.62 bits per heavy atom. The molecule has 0 atom stereocenters. The lowest BCUT2D eigenvalue weighted by Gasteiger charge is -2.16. The molecule has 0 aliphatic heterocycles. The van der Waals surface area contributed by atoms with Crippen LogP contribution >= 0.6 is 0 Å². The minimum Gasteiger partial charge on any atom is -0.495 e. The number of aromatic amines is 1. The summed E-state index contributed by atoms with van der Waals surface area (Å²) >= 11 is 0. The first-order valence-corrected chi connectivity index (χ1v) is 13.6. The molecule has 14 heteroatoms. The highest BCUT2D eigenvalue weighted by Gasteiger charge is 2.29. The molecule has 0 radical (unpaired) electrons. The summed E-state index contributed by atoms with van der Waals surface area (Å²) in [5.74, 6) is 1.44. The lowest BCUT2D eigenvalue weighted by Crippen LogP contribution is -2.16. The van der Waals surface area contributed by atoms with Crippen LogP contribution in [0.2, 0.25) is 0 Å². The number of aryl methyl sites for hydroxylation is 2. The topological polar surface area (TPSA) is 166 Å². The second-order valence-corrected chi connectivity index (χ2v) is 10.4. The monoisotopic (exact) mass is 565 g/mol. The number of ether oxygens (including phenoxy) is 3. The molecule has 3 heterocycles. The molecule has 0 bridgehead atoms.